The molecule has 3 aromatic carbocycles. The number of rotatable bonds is 4. The third-order valence-corrected chi connectivity index (χ3v) is 5.01. The van der Waals surface area contributed by atoms with Crippen molar-refractivity contribution in [2.75, 3.05) is 0 Å². The number of amides is 1. The highest BCUT2D eigenvalue weighted by Gasteiger charge is 2.18. The predicted octanol–water partition coefficient (Wildman–Crippen LogP) is 4.78. The number of halogens is 2. The van der Waals surface area contributed by atoms with E-state index in [1.54, 1.807) is 12.1 Å². The predicted molar refractivity (Wildman–Crippen MR) is 103 cm³/mol. The van der Waals surface area contributed by atoms with Gasteiger partial charge >= 0.3 is 0 Å². The first-order chi connectivity index (χ1) is 13.0. The van der Waals surface area contributed by atoms with E-state index in [2.05, 4.69) is 0 Å². The fourth-order valence-corrected chi connectivity index (χ4v) is 3.63. The molecular weight excluding hydrogens is 346 g/mol. The summed E-state index contributed by atoms with van der Waals surface area (Å²) in [6.45, 7) is 2.06. The van der Waals surface area contributed by atoms with Crippen LogP contribution in [0.3, 0.4) is 0 Å². The number of nitrogens with zero attached hydrogens (tertiary/aromatic N) is 1. The molecule has 0 bridgehead atoms. The average Bonchev–Trinajstić information content (AvgIpc) is 2.97. The van der Waals surface area contributed by atoms with E-state index in [1.165, 1.54) is 18.2 Å². The number of carbonyl (C=O) groups is 1. The zero-order chi connectivity index (χ0) is 19.1. The van der Waals surface area contributed by atoms with Gasteiger partial charge in [-0.05, 0) is 42.3 Å². The smallest absolute Gasteiger partial charge is 0.249 e. The van der Waals surface area contributed by atoms with Gasteiger partial charge in [-0.2, -0.15) is 0 Å². The molecule has 136 valence electrons. The minimum absolute atomic E-state index is 0.0114. The maximum atomic E-state index is 14.3. The topological polar surface area (TPSA) is 48.0 Å². The molecular formula is C22H18F2N2O. The van der Waals surface area contributed by atoms with Gasteiger partial charge in [0, 0.05) is 27.4 Å². The van der Waals surface area contributed by atoms with Crippen molar-refractivity contribution in [3.8, 4) is 0 Å². The summed E-state index contributed by atoms with van der Waals surface area (Å²) in [6.07, 6.45) is 0.828. The van der Waals surface area contributed by atoms with Crippen molar-refractivity contribution in [1.82, 2.24) is 4.57 Å². The van der Waals surface area contributed by atoms with Crippen molar-refractivity contribution in [1.29, 1.82) is 0 Å². The molecule has 0 spiro atoms. The Hall–Kier alpha value is -3.21. The number of nitrogens with two attached hydrogens (primary N) is 1. The van der Waals surface area contributed by atoms with Crippen LogP contribution >= 0.6 is 0 Å². The van der Waals surface area contributed by atoms with Crippen LogP contribution in [0.15, 0.2) is 54.6 Å². The van der Waals surface area contributed by atoms with Crippen LogP contribution in [0.4, 0.5) is 8.78 Å². The van der Waals surface area contributed by atoms with E-state index in [4.69, 9.17) is 5.73 Å². The van der Waals surface area contributed by atoms with E-state index in [0.717, 1.165) is 28.4 Å². The van der Waals surface area contributed by atoms with Gasteiger partial charge in [0.05, 0.1) is 12.1 Å². The first-order valence-electron chi connectivity index (χ1n) is 8.77. The summed E-state index contributed by atoms with van der Waals surface area (Å²) in [5.74, 6) is -1.72. The van der Waals surface area contributed by atoms with Crippen LogP contribution in [-0.4, -0.2) is 10.5 Å². The van der Waals surface area contributed by atoms with Gasteiger partial charge in [0.2, 0.25) is 5.91 Å². The lowest BCUT2D eigenvalue weighted by molar-refractivity contribution is 0.100. The largest absolute Gasteiger partial charge is 0.366 e. The number of aryl methyl sites for hydroxylation is 1. The Balaban J connectivity index is 2.08. The second-order valence-electron chi connectivity index (χ2n) is 6.56. The number of hydrogen-bond donors (Lipinski definition) is 1. The van der Waals surface area contributed by atoms with Crippen molar-refractivity contribution < 1.29 is 13.6 Å². The molecule has 3 nitrogen and oxygen atoms in total. The molecule has 5 heteroatoms. The van der Waals surface area contributed by atoms with Crippen molar-refractivity contribution in [2.24, 2.45) is 5.73 Å². The second-order valence-corrected chi connectivity index (χ2v) is 6.56. The standard InChI is InChI=1S/C22H18F2N2O/c1-2-13-9-10-14-20(11-13)26(12-16-17(23)6-4-7-18(16)24)19-8-3-5-15(21(14)19)22(25)27/h3-11H,2,12H2,1H3,(H2,25,27). The number of carbonyl (C=O) groups excluding carboxylic acids is 1. The number of primary amides is 1. The summed E-state index contributed by atoms with van der Waals surface area (Å²) < 4.78 is 30.4. The maximum absolute atomic E-state index is 14.3. The van der Waals surface area contributed by atoms with E-state index >= 15 is 0 Å². The lowest BCUT2D eigenvalue weighted by Gasteiger charge is -2.10. The molecule has 0 aliphatic heterocycles. The molecule has 0 aliphatic rings. The molecule has 1 aromatic heterocycles. The van der Waals surface area contributed by atoms with Gasteiger partial charge < -0.3 is 10.3 Å². The Morgan fingerprint density at radius 1 is 1.00 bits per heavy atom. The van der Waals surface area contributed by atoms with Crippen LogP contribution in [0.2, 0.25) is 0 Å². The Kier molecular flexibility index (Phi) is 4.15. The minimum Gasteiger partial charge on any atom is -0.366 e. The Bertz CT molecular complexity index is 1170. The van der Waals surface area contributed by atoms with Gasteiger partial charge in [-0.3, -0.25) is 4.79 Å². The molecule has 0 saturated heterocycles. The highest BCUT2D eigenvalue weighted by atomic mass is 19.1. The average molecular weight is 364 g/mol. The van der Waals surface area contributed by atoms with Crippen LogP contribution in [0.5, 0.6) is 0 Å². The minimum atomic E-state index is -0.595. The highest BCUT2D eigenvalue weighted by molar-refractivity contribution is 6.17. The van der Waals surface area contributed by atoms with Crippen LogP contribution in [0.25, 0.3) is 21.8 Å². The van der Waals surface area contributed by atoms with Gasteiger partial charge in [-0.1, -0.05) is 31.2 Å². The summed E-state index contributed by atoms with van der Waals surface area (Å²) in [6, 6.07) is 15.0. The number of aromatic nitrogens is 1. The van der Waals surface area contributed by atoms with Gasteiger partial charge in [-0.15, -0.1) is 0 Å². The van der Waals surface area contributed by atoms with E-state index in [9.17, 15) is 13.6 Å². The Labute approximate surface area is 155 Å². The molecule has 4 aromatic rings. The molecule has 0 radical (unpaired) electrons. The SMILES string of the molecule is CCc1ccc2c3c(C(N)=O)cccc3n(Cc3c(F)cccc3F)c2c1. The van der Waals surface area contributed by atoms with Gasteiger partial charge in [0.25, 0.3) is 0 Å². The molecule has 2 N–H and O–H groups in total. The molecule has 0 atom stereocenters. The Morgan fingerprint density at radius 3 is 2.37 bits per heavy atom. The lowest BCUT2D eigenvalue weighted by atomic mass is 10.0. The van der Waals surface area contributed by atoms with Gasteiger partial charge in [-0.25, -0.2) is 8.78 Å². The summed E-state index contributed by atoms with van der Waals surface area (Å²) >= 11 is 0. The first kappa shape index (κ1) is 17.2. The van der Waals surface area contributed by atoms with Gasteiger partial charge in [0.15, 0.2) is 0 Å². The maximum Gasteiger partial charge on any atom is 0.249 e. The second kappa shape index (κ2) is 6.50. The third-order valence-electron chi connectivity index (χ3n) is 5.01. The zero-order valence-electron chi connectivity index (χ0n) is 14.8. The highest BCUT2D eigenvalue weighted by Crippen LogP contribution is 2.33. The molecule has 0 unspecified atom stereocenters. The Morgan fingerprint density at radius 2 is 1.70 bits per heavy atom. The monoisotopic (exact) mass is 364 g/mol. The van der Waals surface area contributed by atoms with Crippen LogP contribution in [0, 0.1) is 11.6 Å². The van der Waals surface area contributed by atoms with E-state index in [1.807, 2.05) is 35.8 Å². The fraction of sp³-hybridized carbons (Fsp3) is 0.136. The van der Waals surface area contributed by atoms with E-state index in [-0.39, 0.29) is 12.1 Å². The molecule has 1 amide bonds. The van der Waals surface area contributed by atoms with Crippen molar-refractivity contribution in [2.45, 2.75) is 19.9 Å². The molecule has 0 fully saturated rings. The molecule has 0 aliphatic carbocycles. The molecule has 27 heavy (non-hydrogen) atoms. The normalized spacial score (nSPS) is 11.4. The van der Waals surface area contributed by atoms with Crippen LogP contribution in [-0.2, 0) is 13.0 Å². The third kappa shape index (κ3) is 2.76. The van der Waals surface area contributed by atoms with E-state index < -0.39 is 17.5 Å². The number of benzene rings is 3. The summed E-state index contributed by atoms with van der Waals surface area (Å²) in [5.41, 5.74) is 8.59. The first-order valence-corrected chi connectivity index (χ1v) is 8.77. The molecule has 1 heterocycles. The summed E-state index contributed by atoms with van der Waals surface area (Å²) in [4.78, 5) is 12.0. The molecule has 4 rings (SSSR count). The summed E-state index contributed by atoms with van der Waals surface area (Å²) in [7, 11) is 0. The fourth-order valence-electron chi connectivity index (χ4n) is 3.63. The van der Waals surface area contributed by atoms with Crippen molar-refractivity contribution >= 4 is 27.7 Å². The van der Waals surface area contributed by atoms with Crippen molar-refractivity contribution in [3.05, 3.63) is 82.9 Å². The lowest BCUT2D eigenvalue weighted by Crippen LogP contribution is -2.11. The number of fused-ring (bicyclic) bond motifs is 3. The van der Waals surface area contributed by atoms with Crippen molar-refractivity contribution in [3.63, 3.8) is 0 Å². The van der Waals surface area contributed by atoms with Crippen LogP contribution in [0.1, 0.15) is 28.4 Å². The van der Waals surface area contributed by atoms with Crippen LogP contribution < -0.4 is 5.73 Å². The van der Waals surface area contributed by atoms with Gasteiger partial charge in [0.1, 0.15) is 11.6 Å². The quantitative estimate of drug-likeness (QED) is 0.556. The van der Waals surface area contributed by atoms with E-state index in [0.29, 0.717) is 10.9 Å². The molecule has 0 saturated carbocycles. The summed E-state index contributed by atoms with van der Waals surface area (Å²) in [5, 5.41) is 1.55. The zero-order valence-corrected chi connectivity index (χ0v) is 14.8. The number of hydrogen-bond acceptors (Lipinski definition) is 1.